The molecule has 0 unspecified atom stereocenters. The lowest BCUT2D eigenvalue weighted by Crippen LogP contribution is -2.29. The lowest BCUT2D eigenvalue weighted by Gasteiger charge is -2.08. The van der Waals surface area contributed by atoms with E-state index in [1.54, 1.807) is 4.68 Å². The minimum atomic E-state index is -0.287. The molecule has 4 rings (SSSR count). The van der Waals surface area contributed by atoms with Crippen molar-refractivity contribution in [1.82, 2.24) is 24.9 Å². The van der Waals surface area contributed by atoms with Gasteiger partial charge in [-0.2, -0.15) is 10.2 Å². The SMILES string of the molecule is Cc1cccc(CNC(=O)CCn2nc(C)c3c(C)n(-c4ccccc4)nc3c2=O)c1. The third kappa shape index (κ3) is 4.26. The molecule has 1 amide bonds. The van der Waals surface area contributed by atoms with Gasteiger partial charge < -0.3 is 5.32 Å². The smallest absolute Gasteiger partial charge is 0.295 e. The second-order valence-electron chi connectivity index (χ2n) is 7.69. The monoisotopic (exact) mass is 415 g/mol. The largest absolute Gasteiger partial charge is 0.352 e. The van der Waals surface area contributed by atoms with Gasteiger partial charge in [-0.15, -0.1) is 0 Å². The lowest BCUT2D eigenvalue weighted by atomic mass is 10.1. The number of hydrogen-bond acceptors (Lipinski definition) is 4. The van der Waals surface area contributed by atoms with Crippen molar-refractivity contribution >= 4 is 16.8 Å². The van der Waals surface area contributed by atoms with E-state index in [0.717, 1.165) is 33.6 Å². The van der Waals surface area contributed by atoms with E-state index >= 15 is 0 Å². The maximum atomic E-state index is 13.0. The zero-order valence-corrected chi connectivity index (χ0v) is 17.9. The fourth-order valence-electron chi connectivity index (χ4n) is 3.77. The van der Waals surface area contributed by atoms with Gasteiger partial charge in [-0.25, -0.2) is 9.36 Å². The van der Waals surface area contributed by atoms with E-state index in [2.05, 4.69) is 15.5 Å². The maximum Gasteiger partial charge on any atom is 0.295 e. The molecule has 2 heterocycles. The molecule has 1 N–H and O–H groups in total. The summed E-state index contributed by atoms with van der Waals surface area (Å²) in [4.78, 5) is 25.3. The molecule has 7 heteroatoms. The number of hydrogen-bond donors (Lipinski definition) is 1. The number of carbonyl (C=O) groups excluding carboxylic acids is 1. The van der Waals surface area contributed by atoms with Crippen molar-refractivity contribution in [2.24, 2.45) is 0 Å². The highest BCUT2D eigenvalue weighted by Gasteiger charge is 2.17. The van der Waals surface area contributed by atoms with E-state index in [1.807, 2.05) is 75.4 Å². The van der Waals surface area contributed by atoms with Crippen LogP contribution in [0.15, 0.2) is 59.4 Å². The molecular formula is C24H25N5O2. The molecule has 0 saturated carbocycles. The first-order chi connectivity index (χ1) is 14.9. The summed E-state index contributed by atoms with van der Waals surface area (Å²) < 4.78 is 3.10. The molecule has 0 aliphatic carbocycles. The predicted octanol–water partition coefficient (Wildman–Crippen LogP) is 3.21. The van der Waals surface area contributed by atoms with Crippen molar-refractivity contribution in [1.29, 1.82) is 0 Å². The Balaban J connectivity index is 1.52. The Morgan fingerprint density at radius 2 is 1.77 bits per heavy atom. The minimum absolute atomic E-state index is 0.126. The number of fused-ring (bicyclic) bond motifs is 1. The van der Waals surface area contributed by atoms with Gasteiger partial charge >= 0.3 is 0 Å². The van der Waals surface area contributed by atoms with E-state index < -0.39 is 0 Å². The highest BCUT2D eigenvalue weighted by Crippen LogP contribution is 2.20. The van der Waals surface area contributed by atoms with Crippen molar-refractivity contribution in [3.05, 3.63) is 87.5 Å². The first-order valence-electron chi connectivity index (χ1n) is 10.3. The van der Waals surface area contributed by atoms with Crippen LogP contribution in [0.1, 0.15) is 28.9 Å². The average molecular weight is 415 g/mol. The molecule has 0 bridgehead atoms. The topological polar surface area (TPSA) is 81.8 Å². The first-order valence-corrected chi connectivity index (χ1v) is 10.3. The molecule has 7 nitrogen and oxygen atoms in total. The minimum Gasteiger partial charge on any atom is -0.352 e. The molecule has 0 saturated heterocycles. The number of rotatable bonds is 6. The zero-order valence-electron chi connectivity index (χ0n) is 17.9. The summed E-state index contributed by atoms with van der Waals surface area (Å²) in [7, 11) is 0. The van der Waals surface area contributed by atoms with Gasteiger partial charge in [0.1, 0.15) is 0 Å². The van der Waals surface area contributed by atoms with E-state index in [4.69, 9.17) is 0 Å². The van der Waals surface area contributed by atoms with Crippen LogP contribution in [0.2, 0.25) is 0 Å². The van der Waals surface area contributed by atoms with Gasteiger partial charge in [0.15, 0.2) is 5.52 Å². The summed E-state index contributed by atoms with van der Waals surface area (Å²) >= 11 is 0. The van der Waals surface area contributed by atoms with E-state index in [9.17, 15) is 9.59 Å². The molecule has 4 aromatic rings. The number of amides is 1. The third-order valence-electron chi connectivity index (χ3n) is 5.31. The van der Waals surface area contributed by atoms with Crippen LogP contribution in [-0.4, -0.2) is 25.5 Å². The molecule has 158 valence electrons. The summed E-state index contributed by atoms with van der Waals surface area (Å²) in [5.41, 5.74) is 4.75. The average Bonchev–Trinajstić information content (AvgIpc) is 3.12. The molecule has 31 heavy (non-hydrogen) atoms. The normalized spacial score (nSPS) is 11.1. The number of aromatic nitrogens is 4. The van der Waals surface area contributed by atoms with Gasteiger partial charge in [-0.1, -0.05) is 48.0 Å². The second kappa shape index (κ2) is 8.55. The van der Waals surface area contributed by atoms with Crippen LogP contribution in [0.25, 0.3) is 16.6 Å². The second-order valence-corrected chi connectivity index (χ2v) is 7.69. The summed E-state index contributed by atoms with van der Waals surface area (Å²) in [6, 6.07) is 17.7. The summed E-state index contributed by atoms with van der Waals surface area (Å²) in [5, 5.41) is 12.7. The van der Waals surface area contributed by atoms with Gasteiger partial charge in [0.25, 0.3) is 5.56 Å². The fraction of sp³-hybridized carbons (Fsp3) is 0.250. The van der Waals surface area contributed by atoms with Crippen molar-refractivity contribution in [2.45, 2.75) is 40.3 Å². The van der Waals surface area contributed by atoms with Gasteiger partial charge in [0.05, 0.1) is 29.0 Å². The number of nitrogens with zero attached hydrogens (tertiary/aromatic N) is 4. The Hall–Kier alpha value is -3.74. The van der Waals surface area contributed by atoms with Crippen molar-refractivity contribution in [2.75, 3.05) is 0 Å². The van der Waals surface area contributed by atoms with E-state index in [1.165, 1.54) is 4.68 Å². The van der Waals surface area contributed by atoms with E-state index in [-0.39, 0.29) is 24.4 Å². The molecule has 0 atom stereocenters. The Morgan fingerprint density at radius 1 is 1.00 bits per heavy atom. The molecule has 0 fully saturated rings. The molecule has 0 aliphatic rings. The van der Waals surface area contributed by atoms with Crippen LogP contribution < -0.4 is 10.9 Å². The summed E-state index contributed by atoms with van der Waals surface area (Å²) in [6.07, 6.45) is 0.169. The molecular weight excluding hydrogens is 390 g/mol. The van der Waals surface area contributed by atoms with Gasteiger partial charge in [-0.05, 0) is 38.5 Å². The predicted molar refractivity (Wildman–Crippen MR) is 120 cm³/mol. The number of nitrogens with one attached hydrogen (secondary N) is 1. The number of benzene rings is 2. The Bertz CT molecular complexity index is 1310. The maximum absolute atomic E-state index is 13.0. The highest BCUT2D eigenvalue weighted by molar-refractivity contribution is 5.83. The van der Waals surface area contributed by atoms with Crippen LogP contribution in [0.3, 0.4) is 0 Å². The first kappa shape index (κ1) is 20.5. The number of aryl methyl sites for hydroxylation is 4. The molecule has 0 aliphatic heterocycles. The summed E-state index contributed by atoms with van der Waals surface area (Å²) in [6.45, 7) is 6.47. The summed E-state index contributed by atoms with van der Waals surface area (Å²) in [5.74, 6) is -0.126. The quantitative estimate of drug-likeness (QED) is 0.524. The van der Waals surface area contributed by atoms with Gasteiger partial charge in [-0.3, -0.25) is 9.59 Å². The zero-order chi connectivity index (χ0) is 22.0. The number of para-hydroxylation sites is 1. The number of carbonyl (C=O) groups is 1. The van der Waals surface area contributed by atoms with Crippen LogP contribution in [-0.2, 0) is 17.9 Å². The molecule has 2 aromatic carbocycles. The van der Waals surface area contributed by atoms with Crippen molar-refractivity contribution in [3.63, 3.8) is 0 Å². The Kier molecular flexibility index (Phi) is 5.66. The lowest BCUT2D eigenvalue weighted by molar-refractivity contribution is -0.121. The van der Waals surface area contributed by atoms with Crippen LogP contribution in [0, 0.1) is 20.8 Å². The molecule has 2 aromatic heterocycles. The Labute approximate surface area is 180 Å². The third-order valence-corrected chi connectivity index (χ3v) is 5.31. The van der Waals surface area contributed by atoms with E-state index in [0.29, 0.717) is 12.1 Å². The molecule has 0 spiro atoms. The highest BCUT2D eigenvalue weighted by atomic mass is 16.2. The van der Waals surface area contributed by atoms with Gasteiger partial charge in [0.2, 0.25) is 5.91 Å². The van der Waals surface area contributed by atoms with Crippen molar-refractivity contribution < 1.29 is 4.79 Å². The fourth-order valence-corrected chi connectivity index (χ4v) is 3.77. The van der Waals surface area contributed by atoms with Crippen molar-refractivity contribution in [3.8, 4) is 5.69 Å². The van der Waals surface area contributed by atoms with Crippen LogP contribution >= 0.6 is 0 Å². The standard InChI is InChI=1S/C24H25N5O2/c1-16-8-7-9-19(14-16)15-25-21(30)12-13-28-24(31)23-22(17(2)26-28)18(3)29(27-23)20-10-5-4-6-11-20/h4-11,14H,12-13,15H2,1-3H3,(H,25,30). The molecule has 0 radical (unpaired) electrons. The van der Waals surface area contributed by atoms with Crippen LogP contribution in [0.5, 0.6) is 0 Å². The Morgan fingerprint density at radius 3 is 2.52 bits per heavy atom. The van der Waals surface area contributed by atoms with Gasteiger partial charge in [0, 0.05) is 13.0 Å². The van der Waals surface area contributed by atoms with Crippen LogP contribution in [0.4, 0.5) is 0 Å².